The van der Waals surface area contributed by atoms with Gasteiger partial charge < -0.3 is 14.2 Å². The summed E-state index contributed by atoms with van der Waals surface area (Å²) >= 11 is 1.39. The third-order valence-electron chi connectivity index (χ3n) is 3.21. The average molecular weight is 358 g/mol. The quantitative estimate of drug-likeness (QED) is 0.310. The molecule has 0 unspecified atom stereocenters. The van der Waals surface area contributed by atoms with Gasteiger partial charge in [0.25, 0.3) is 0 Å². The highest BCUT2D eigenvalue weighted by atomic mass is 32.2. The normalized spacial score (nSPS) is 10.5. The van der Waals surface area contributed by atoms with E-state index in [1.807, 2.05) is 30.3 Å². The van der Waals surface area contributed by atoms with Gasteiger partial charge in [-0.2, -0.15) is 0 Å². The summed E-state index contributed by atoms with van der Waals surface area (Å²) in [5, 5.41) is 1.62. The lowest BCUT2D eigenvalue weighted by atomic mass is 10.1. The van der Waals surface area contributed by atoms with Crippen LogP contribution in [0.15, 0.2) is 64.9 Å². The molecule has 130 valence electrons. The van der Waals surface area contributed by atoms with E-state index in [0.717, 1.165) is 4.90 Å². The molecule has 0 amide bonds. The summed E-state index contributed by atoms with van der Waals surface area (Å²) < 4.78 is 15.2. The highest BCUT2D eigenvalue weighted by molar-refractivity contribution is 8.02. The zero-order valence-electron chi connectivity index (χ0n) is 13.9. The van der Waals surface area contributed by atoms with Crippen LogP contribution < -0.4 is 9.47 Å². The fourth-order valence-electron chi connectivity index (χ4n) is 1.96. The number of benzene rings is 2. The highest BCUT2D eigenvalue weighted by Crippen LogP contribution is 2.25. The van der Waals surface area contributed by atoms with Crippen molar-refractivity contribution in [3.63, 3.8) is 0 Å². The van der Waals surface area contributed by atoms with Crippen molar-refractivity contribution in [1.29, 1.82) is 0 Å². The van der Waals surface area contributed by atoms with Gasteiger partial charge in [0, 0.05) is 17.0 Å². The first-order valence-electron chi connectivity index (χ1n) is 7.44. The van der Waals surface area contributed by atoms with Crippen LogP contribution in [0.3, 0.4) is 0 Å². The number of ketones is 1. The van der Waals surface area contributed by atoms with E-state index in [0.29, 0.717) is 17.1 Å². The Balaban J connectivity index is 1.88. The van der Waals surface area contributed by atoms with E-state index in [1.54, 1.807) is 23.6 Å². The molecule has 0 spiro atoms. The monoisotopic (exact) mass is 358 g/mol. The van der Waals surface area contributed by atoms with Gasteiger partial charge in [0.05, 0.1) is 19.8 Å². The number of hydrogen-bond donors (Lipinski definition) is 0. The second-order valence-electron chi connectivity index (χ2n) is 4.83. The Kier molecular flexibility index (Phi) is 7.10. The second-order valence-corrected chi connectivity index (χ2v) is 5.81. The summed E-state index contributed by atoms with van der Waals surface area (Å²) in [6.45, 7) is -0.359. The van der Waals surface area contributed by atoms with Crippen LogP contribution in [0.5, 0.6) is 11.5 Å². The smallest absolute Gasteiger partial charge is 0.331 e. The molecule has 0 N–H and O–H groups in total. The molecule has 0 aromatic heterocycles. The molecule has 2 aromatic carbocycles. The summed E-state index contributed by atoms with van der Waals surface area (Å²) in [6, 6.07) is 14.4. The number of thioether (sulfide) groups is 1. The largest absolute Gasteiger partial charge is 0.497 e. The number of methoxy groups -OCH3 is 2. The predicted octanol–water partition coefficient (Wildman–Crippen LogP) is 3.74. The van der Waals surface area contributed by atoms with Crippen LogP contribution in [0, 0.1) is 0 Å². The maximum atomic E-state index is 12.2. The fourth-order valence-corrected chi connectivity index (χ4v) is 2.61. The highest BCUT2D eigenvalue weighted by Gasteiger charge is 2.14. The minimum atomic E-state index is -0.579. The zero-order valence-corrected chi connectivity index (χ0v) is 14.7. The molecule has 0 aliphatic rings. The SMILES string of the molecule is COc1ccc(C(=O)COC(=O)/C=C/Sc2ccccc2)c(OC)c1. The topological polar surface area (TPSA) is 61.8 Å². The minimum Gasteiger partial charge on any atom is -0.497 e. The van der Waals surface area contributed by atoms with Crippen molar-refractivity contribution < 1.29 is 23.8 Å². The maximum absolute atomic E-state index is 12.2. The Morgan fingerprint density at radius 1 is 1.04 bits per heavy atom. The lowest BCUT2D eigenvalue weighted by molar-refractivity contribution is -0.136. The van der Waals surface area contributed by atoms with E-state index in [4.69, 9.17) is 14.2 Å². The molecule has 0 fully saturated rings. The Morgan fingerprint density at radius 3 is 2.48 bits per heavy atom. The molecule has 2 aromatic rings. The van der Waals surface area contributed by atoms with Gasteiger partial charge in [-0.1, -0.05) is 30.0 Å². The Hall–Kier alpha value is -2.73. The summed E-state index contributed by atoms with van der Waals surface area (Å²) in [7, 11) is 2.99. The number of carbonyl (C=O) groups excluding carboxylic acids is 2. The first kappa shape index (κ1) is 18.6. The van der Waals surface area contributed by atoms with E-state index in [-0.39, 0.29) is 12.4 Å². The summed E-state index contributed by atoms with van der Waals surface area (Å²) in [4.78, 5) is 24.9. The van der Waals surface area contributed by atoms with Gasteiger partial charge >= 0.3 is 5.97 Å². The first-order valence-corrected chi connectivity index (χ1v) is 8.32. The number of ether oxygens (including phenoxy) is 3. The second kappa shape index (κ2) is 9.54. The van der Waals surface area contributed by atoms with Gasteiger partial charge in [0.15, 0.2) is 6.61 Å². The van der Waals surface area contributed by atoms with E-state index in [9.17, 15) is 9.59 Å². The van der Waals surface area contributed by atoms with Crippen LogP contribution in [0.4, 0.5) is 0 Å². The molecule has 2 rings (SSSR count). The summed E-state index contributed by atoms with van der Waals surface area (Å²) in [5.74, 6) is 0.0167. The number of rotatable bonds is 8. The van der Waals surface area contributed by atoms with Gasteiger partial charge in [0.2, 0.25) is 5.78 Å². The first-order chi connectivity index (χ1) is 12.1. The van der Waals surface area contributed by atoms with Crippen molar-refractivity contribution in [3.8, 4) is 11.5 Å². The van der Waals surface area contributed by atoms with Gasteiger partial charge in [-0.15, -0.1) is 0 Å². The van der Waals surface area contributed by atoms with Crippen LogP contribution in [-0.2, 0) is 9.53 Å². The average Bonchev–Trinajstić information content (AvgIpc) is 2.66. The van der Waals surface area contributed by atoms with Crippen LogP contribution in [0.1, 0.15) is 10.4 Å². The van der Waals surface area contributed by atoms with E-state index >= 15 is 0 Å². The van der Waals surface area contributed by atoms with E-state index < -0.39 is 5.97 Å². The fraction of sp³-hybridized carbons (Fsp3) is 0.158. The molecule has 0 heterocycles. The van der Waals surface area contributed by atoms with Gasteiger partial charge in [-0.25, -0.2) is 4.79 Å². The van der Waals surface area contributed by atoms with E-state index in [2.05, 4.69) is 0 Å². The molecular formula is C19H18O5S. The molecule has 0 saturated carbocycles. The van der Waals surface area contributed by atoms with Gasteiger partial charge in [-0.3, -0.25) is 4.79 Å². The third-order valence-corrected chi connectivity index (χ3v) is 4.02. The minimum absolute atomic E-state index is 0.332. The van der Waals surface area contributed by atoms with Crippen molar-refractivity contribution in [2.75, 3.05) is 20.8 Å². The molecule has 0 aliphatic carbocycles. The number of carbonyl (C=O) groups is 2. The molecule has 0 bridgehead atoms. The van der Waals surface area contributed by atoms with Gasteiger partial charge in [0.1, 0.15) is 11.5 Å². The van der Waals surface area contributed by atoms with Gasteiger partial charge in [-0.05, 0) is 29.7 Å². The summed E-state index contributed by atoms with van der Waals surface area (Å²) in [6.07, 6.45) is 1.29. The molecule has 5 nitrogen and oxygen atoms in total. The Morgan fingerprint density at radius 2 is 1.80 bits per heavy atom. The number of Topliss-reactive ketones (excluding diaryl/α,β-unsaturated/α-hetero) is 1. The maximum Gasteiger partial charge on any atom is 0.331 e. The van der Waals surface area contributed by atoms with Crippen molar-refractivity contribution >= 4 is 23.5 Å². The third kappa shape index (κ3) is 5.69. The molecule has 0 radical (unpaired) electrons. The van der Waals surface area contributed by atoms with E-state index in [1.165, 1.54) is 32.1 Å². The molecule has 0 saturated heterocycles. The molecule has 0 atom stereocenters. The molecule has 25 heavy (non-hydrogen) atoms. The molecular weight excluding hydrogens is 340 g/mol. The van der Waals surface area contributed by atoms with Crippen molar-refractivity contribution in [3.05, 3.63) is 65.6 Å². The van der Waals surface area contributed by atoms with Crippen LogP contribution in [0.2, 0.25) is 0 Å². The van der Waals surface area contributed by atoms with Crippen LogP contribution in [0.25, 0.3) is 0 Å². The lowest BCUT2D eigenvalue weighted by Gasteiger charge is -2.09. The Bertz CT molecular complexity index is 756. The standard InChI is InChI=1S/C19H18O5S/c1-22-14-8-9-16(18(12-14)23-2)17(20)13-24-19(21)10-11-25-15-6-4-3-5-7-15/h3-12H,13H2,1-2H3/b11-10+. The summed E-state index contributed by atoms with van der Waals surface area (Å²) in [5.41, 5.74) is 0.332. The molecule has 6 heteroatoms. The number of hydrogen-bond acceptors (Lipinski definition) is 6. The zero-order chi connectivity index (χ0) is 18.1. The van der Waals surface area contributed by atoms with Crippen LogP contribution in [-0.4, -0.2) is 32.6 Å². The lowest BCUT2D eigenvalue weighted by Crippen LogP contribution is -2.13. The van der Waals surface area contributed by atoms with Crippen molar-refractivity contribution in [1.82, 2.24) is 0 Å². The Labute approximate surface area is 150 Å². The van der Waals surface area contributed by atoms with Crippen molar-refractivity contribution in [2.24, 2.45) is 0 Å². The van der Waals surface area contributed by atoms with Crippen molar-refractivity contribution in [2.45, 2.75) is 4.90 Å². The molecule has 0 aliphatic heterocycles. The van der Waals surface area contributed by atoms with Crippen LogP contribution >= 0.6 is 11.8 Å². The predicted molar refractivity (Wildman–Crippen MR) is 96.3 cm³/mol. The number of esters is 1.